The molecule has 0 saturated heterocycles. The van der Waals surface area contributed by atoms with Gasteiger partial charge in [-0.15, -0.1) is 0 Å². The van der Waals surface area contributed by atoms with Gasteiger partial charge in [-0.3, -0.25) is 0 Å². The number of benzene rings is 2. The maximum atomic E-state index is 11.4. The minimum absolute atomic E-state index is 0.138. The molecule has 0 aliphatic rings. The highest BCUT2D eigenvalue weighted by Gasteiger charge is 1.98. The van der Waals surface area contributed by atoms with Gasteiger partial charge >= 0.3 is 5.97 Å². The monoisotopic (exact) mass is 324 g/mol. The number of phenols is 2. The van der Waals surface area contributed by atoms with E-state index in [4.69, 9.17) is 4.74 Å². The fraction of sp³-hybridized carbons (Fsp3) is 0.150. The molecule has 0 fully saturated rings. The second kappa shape index (κ2) is 8.58. The number of carbonyl (C=O) groups excluding carboxylic acids is 1. The smallest absolute Gasteiger partial charge is 0.330 e. The number of rotatable bonds is 6. The number of hydrogen-bond acceptors (Lipinski definition) is 4. The van der Waals surface area contributed by atoms with Crippen LogP contribution in [0.25, 0.3) is 18.2 Å². The van der Waals surface area contributed by atoms with Crippen LogP contribution in [0.15, 0.2) is 48.5 Å². The third kappa shape index (κ3) is 5.32. The van der Waals surface area contributed by atoms with Crippen LogP contribution in [0.2, 0.25) is 0 Å². The van der Waals surface area contributed by atoms with Crippen LogP contribution in [0, 0.1) is 0 Å². The molecule has 2 aromatic carbocycles. The topological polar surface area (TPSA) is 66.8 Å². The first-order valence-corrected chi connectivity index (χ1v) is 7.73. The Morgan fingerprint density at radius 3 is 2.12 bits per heavy atom. The molecule has 0 bridgehead atoms. The lowest BCUT2D eigenvalue weighted by atomic mass is 10.1. The quantitative estimate of drug-likeness (QED) is 0.361. The number of esters is 1. The van der Waals surface area contributed by atoms with Crippen LogP contribution in [0.3, 0.4) is 0 Å². The summed E-state index contributed by atoms with van der Waals surface area (Å²) in [4.78, 5) is 11.4. The third-order valence-corrected chi connectivity index (χ3v) is 3.26. The van der Waals surface area contributed by atoms with Crippen LogP contribution in [-0.2, 0) is 9.53 Å². The van der Waals surface area contributed by atoms with Gasteiger partial charge in [0.1, 0.15) is 0 Å². The molecule has 0 aromatic heterocycles. The van der Waals surface area contributed by atoms with E-state index in [1.807, 2.05) is 43.3 Å². The molecule has 0 amide bonds. The number of aromatic hydroxyl groups is 2. The Morgan fingerprint density at radius 1 is 0.917 bits per heavy atom. The molecule has 2 rings (SSSR count). The number of carbonyl (C=O) groups is 1. The van der Waals surface area contributed by atoms with E-state index in [2.05, 4.69) is 0 Å². The van der Waals surface area contributed by atoms with E-state index < -0.39 is 0 Å². The zero-order chi connectivity index (χ0) is 17.4. The first-order valence-electron chi connectivity index (χ1n) is 7.73. The maximum Gasteiger partial charge on any atom is 0.330 e. The van der Waals surface area contributed by atoms with E-state index in [9.17, 15) is 15.0 Å². The molecular weight excluding hydrogens is 304 g/mol. The van der Waals surface area contributed by atoms with E-state index in [1.54, 1.807) is 12.1 Å². The molecule has 0 radical (unpaired) electrons. The van der Waals surface area contributed by atoms with Crippen LogP contribution in [0.4, 0.5) is 0 Å². The zero-order valence-electron chi connectivity index (χ0n) is 13.5. The Labute approximate surface area is 141 Å². The summed E-state index contributed by atoms with van der Waals surface area (Å²) in [5.41, 5.74) is 2.67. The van der Waals surface area contributed by atoms with Gasteiger partial charge in [0.05, 0.1) is 6.61 Å². The maximum absolute atomic E-state index is 11.4. The van der Waals surface area contributed by atoms with E-state index >= 15 is 0 Å². The first kappa shape index (κ1) is 17.3. The summed E-state index contributed by atoms with van der Waals surface area (Å²) < 4.78 is 4.97. The Balaban J connectivity index is 1.98. The van der Waals surface area contributed by atoms with Crippen LogP contribution in [0.5, 0.6) is 11.5 Å². The summed E-state index contributed by atoms with van der Waals surface area (Å²) in [5, 5.41) is 18.7. The zero-order valence-corrected chi connectivity index (χ0v) is 13.5. The van der Waals surface area contributed by atoms with Crippen molar-refractivity contribution in [3.63, 3.8) is 0 Å². The van der Waals surface area contributed by atoms with Gasteiger partial charge < -0.3 is 14.9 Å². The summed E-state index contributed by atoms with van der Waals surface area (Å²) in [6.45, 7) is 2.38. The van der Waals surface area contributed by atoms with Crippen molar-refractivity contribution in [2.24, 2.45) is 0 Å². The fourth-order valence-electron chi connectivity index (χ4n) is 1.97. The predicted octanol–water partition coefficient (Wildman–Crippen LogP) is 4.23. The molecule has 0 heterocycles. The number of phenolic OH excluding ortho intramolecular Hbond substituents is 2. The van der Waals surface area contributed by atoms with Crippen molar-refractivity contribution < 1.29 is 19.7 Å². The largest absolute Gasteiger partial charge is 0.504 e. The normalized spacial score (nSPS) is 11.2. The van der Waals surface area contributed by atoms with E-state index in [0.29, 0.717) is 6.61 Å². The van der Waals surface area contributed by atoms with Crippen LogP contribution < -0.4 is 0 Å². The molecule has 0 atom stereocenters. The van der Waals surface area contributed by atoms with E-state index in [-0.39, 0.29) is 17.5 Å². The summed E-state index contributed by atoms with van der Waals surface area (Å²) in [7, 11) is 0. The first-order chi connectivity index (χ1) is 11.6. The third-order valence-electron chi connectivity index (χ3n) is 3.26. The molecule has 4 heteroatoms. The molecule has 0 saturated carbocycles. The Hall–Kier alpha value is -3.01. The van der Waals surface area contributed by atoms with Crippen LogP contribution >= 0.6 is 0 Å². The standard InChI is InChI=1S/C20H20O4/c1-2-13-24-20(23)12-10-16-5-3-15(4-6-16)7-8-17-9-11-18(21)19(22)14-17/h3-12,14,21-22H,2,13H2,1H3/b8-7+,12-10+. The summed E-state index contributed by atoms with van der Waals surface area (Å²) in [5.74, 6) is -0.624. The van der Waals surface area contributed by atoms with Crippen molar-refractivity contribution in [3.8, 4) is 11.5 Å². The lowest BCUT2D eigenvalue weighted by Gasteiger charge is -2.00. The van der Waals surface area contributed by atoms with Gasteiger partial charge in [0, 0.05) is 6.08 Å². The van der Waals surface area contributed by atoms with Gasteiger partial charge in [-0.1, -0.05) is 49.4 Å². The summed E-state index contributed by atoms with van der Waals surface area (Å²) >= 11 is 0. The van der Waals surface area contributed by atoms with E-state index in [1.165, 1.54) is 18.2 Å². The minimum atomic E-state index is -0.340. The Bertz CT molecular complexity index is 743. The van der Waals surface area contributed by atoms with Crippen molar-refractivity contribution in [1.29, 1.82) is 0 Å². The Kier molecular flexibility index (Phi) is 6.20. The number of ether oxygens (including phenoxy) is 1. The summed E-state index contributed by atoms with van der Waals surface area (Å²) in [6, 6.07) is 12.3. The molecular formula is C20H20O4. The highest BCUT2D eigenvalue weighted by atomic mass is 16.5. The van der Waals surface area contributed by atoms with Crippen molar-refractivity contribution in [2.45, 2.75) is 13.3 Å². The molecule has 124 valence electrons. The fourth-order valence-corrected chi connectivity index (χ4v) is 1.97. The van der Waals surface area contributed by atoms with Crippen molar-refractivity contribution >= 4 is 24.2 Å². The Morgan fingerprint density at radius 2 is 1.50 bits per heavy atom. The average Bonchev–Trinajstić information content (AvgIpc) is 2.60. The minimum Gasteiger partial charge on any atom is -0.504 e. The molecule has 0 unspecified atom stereocenters. The second-order valence-corrected chi connectivity index (χ2v) is 5.25. The van der Waals surface area contributed by atoms with Gasteiger partial charge in [0.25, 0.3) is 0 Å². The number of hydrogen-bond donors (Lipinski definition) is 2. The van der Waals surface area contributed by atoms with Gasteiger partial charge in [0.2, 0.25) is 0 Å². The van der Waals surface area contributed by atoms with Crippen molar-refractivity contribution in [3.05, 3.63) is 65.2 Å². The lowest BCUT2D eigenvalue weighted by molar-refractivity contribution is -0.137. The summed E-state index contributed by atoms with van der Waals surface area (Å²) in [6.07, 6.45) is 7.67. The van der Waals surface area contributed by atoms with Crippen LogP contribution in [0.1, 0.15) is 30.0 Å². The highest BCUT2D eigenvalue weighted by Crippen LogP contribution is 2.25. The SMILES string of the molecule is CCCOC(=O)/C=C/c1ccc(/C=C/c2ccc(O)c(O)c2)cc1. The molecule has 2 aromatic rings. The molecule has 0 spiro atoms. The second-order valence-electron chi connectivity index (χ2n) is 5.25. The van der Waals surface area contributed by atoms with Crippen molar-refractivity contribution in [2.75, 3.05) is 6.61 Å². The highest BCUT2D eigenvalue weighted by molar-refractivity contribution is 5.87. The molecule has 24 heavy (non-hydrogen) atoms. The molecule has 0 aliphatic heterocycles. The molecule has 2 N–H and O–H groups in total. The molecule has 0 aliphatic carbocycles. The van der Waals surface area contributed by atoms with Gasteiger partial charge in [-0.05, 0) is 41.3 Å². The average molecular weight is 324 g/mol. The van der Waals surface area contributed by atoms with Crippen molar-refractivity contribution in [1.82, 2.24) is 0 Å². The van der Waals surface area contributed by atoms with Gasteiger partial charge in [0.15, 0.2) is 11.5 Å². The van der Waals surface area contributed by atoms with Crippen LogP contribution in [-0.4, -0.2) is 22.8 Å². The van der Waals surface area contributed by atoms with Gasteiger partial charge in [-0.2, -0.15) is 0 Å². The van der Waals surface area contributed by atoms with Gasteiger partial charge in [-0.25, -0.2) is 4.79 Å². The van der Waals surface area contributed by atoms with E-state index in [0.717, 1.165) is 23.1 Å². The lowest BCUT2D eigenvalue weighted by Crippen LogP contribution is -2.00. The molecule has 4 nitrogen and oxygen atoms in total. The predicted molar refractivity (Wildman–Crippen MR) is 95.4 cm³/mol.